The van der Waals surface area contributed by atoms with E-state index in [2.05, 4.69) is 51.4 Å². The van der Waals surface area contributed by atoms with Gasteiger partial charge >= 0.3 is 0 Å². The number of nitrogens with zero attached hydrogens (tertiary/aromatic N) is 3. The predicted molar refractivity (Wildman–Crippen MR) is 86.6 cm³/mol. The molecule has 0 radical (unpaired) electrons. The van der Waals surface area contributed by atoms with Crippen LogP contribution in [0, 0.1) is 0 Å². The molecule has 0 bridgehead atoms. The Bertz CT molecular complexity index is 574. The first-order valence-electron chi connectivity index (χ1n) is 7.74. The Morgan fingerprint density at radius 1 is 1.10 bits per heavy atom. The molecule has 1 aromatic heterocycles. The fraction of sp³-hybridized carbons (Fsp3) is 0.412. The maximum Gasteiger partial charge on any atom is 0.222 e. The summed E-state index contributed by atoms with van der Waals surface area (Å²) in [6.45, 7) is 5.22. The van der Waals surface area contributed by atoms with E-state index >= 15 is 0 Å². The van der Waals surface area contributed by atoms with Gasteiger partial charge in [0, 0.05) is 37.7 Å². The molecule has 0 unspecified atom stereocenters. The number of hydrogen-bond donors (Lipinski definition) is 1. The van der Waals surface area contributed by atoms with Crippen molar-refractivity contribution in [3.05, 3.63) is 47.8 Å². The Hall–Kier alpha value is -2.10. The maximum atomic E-state index is 4.33. The van der Waals surface area contributed by atoms with Crippen molar-refractivity contribution in [2.24, 2.45) is 0 Å². The van der Waals surface area contributed by atoms with Crippen LogP contribution in [-0.2, 0) is 13.0 Å². The number of nitrogens with one attached hydrogen (secondary N) is 1. The van der Waals surface area contributed by atoms with Crippen LogP contribution in [0.15, 0.2) is 36.7 Å². The normalized spacial score (nSPS) is 14.4. The zero-order valence-corrected chi connectivity index (χ0v) is 12.5. The summed E-state index contributed by atoms with van der Waals surface area (Å²) in [6.07, 6.45) is 7.35. The van der Waals surface area contributed by atoms with Crippen molar-refractivity contribution in [2.75, 3.05) is 23.3 Å². The second-order valence-corrected chi connectivity index (χ2v) is 5.49. The lowest BCUT2D eigenvalue weighted by Gasteiger charge is -2.18. The minimum Gasteiger partial charge on any atom is -0.372 e. The smallest absolute Gasteiger partial charge is 0.222 e. The quantitative estimate of drug-likeness (QED) is 0.914. The van der Waals surface area contributed by atoms with Gasteiger partial charge in [-0.25, -0.2) is 9.97 Å². The van der Waals surface area contributed by atoms with Crippen LogP contribution < -0.4 is 10.2 Å². The van der Waals surface area contributed by atoms with E-state index in [1.165, 1.54) is 37.2 Å². The fourth-order valence-corrected chi connectivity index (χ4v) is 2.65. The number of aromatic nitrogens is 2. The number of hydrogen-bond acceptors (Lipinski definition) is 4. The van der Waals surface area contributed by atoms with Gasteiger partial charge in [-0.2, -0.15) is 0 Å². The Labute approximate surface area is 126 Å². The highest BCUT2D eigenvalue weighted by molar-refractivity contribution is 5.49. The van der Waals surface area contributed by atoms with Crippen molar-refractivity contribution < 1.29 is 0 Å². The van der Waals surface area contributed by atoms with Gasteiger partial charge in [-0.1, -0.05) is 19.1 Å². The number of aryl methyl sites for hydroxylation is 1. The lowest BCUT2D eigenvalue weighted by Crippen LogP contribution is -2.17. The molecule has 1 aliphatic heterocycles. The molecule has 1 saturated heterocycles. The first-order chi connectivity index (χ1) is 10.3. The van der Waals surface area contributed by atoms with Gasteiger partial charge < -0.3 is 10.2 Å². The summed E-state index contributed by atoms with van der Waals surface area (Å²) < 4.78 is 0. The molecular formula is C17H22N4. The van der Waals surface area contributed by atoms with Crippen molar-refractivity contribution in [3.8, 4) is 0 Å². The van der Waals surface area contributed by atoms with Gasteiger partial charge in [0.05, 0.1) is 0 Å². The summed E-state index contributed by atoms with van der Waals surface area (Å²) in [5.41, 5.74) is 3.76. The summed E-state index contributed by atoms with van der Waals surface area (Å²) in [5, 5.41) is 3.29. The minimum absolute atomic E-state index is 0.693. The van der Waals surface area contributed by atoms with E-state index in [1.54, 1.807) is 0 Å². The number of rotatable bonds is 5. The molecule has 0 saturated carbocycles. The van der Waals surface area contributed by atoms with Crippen molar-refractivity contribution >= 4 is 11.6 Å². The van der Waals surface area contributed by atoms with Gasteiger partial charge in [0.15, 0.2) is 0 Å². The molecule has 0 spiro atoms. The third-order valence-corrected chi connectivity index (χ3v) is 3.95. The summed E-state index contributed by atoms with van der Waals surface area (Å²) in [6, 6.07) is 8.73. The van der Waals surface area contributed by atoms with E-state index in [1.807, 2.05) is 12.4 Å². The molecule has 0 amide bonds. The van der Waals surface area contributed by atoms with Crippen LogP contribution in [0.4, 0.5) is 11.6 Å². The SMILES string of the molecule is CCc1cnc(NCc2cccc(N3CCCC3)c2)nc1. The standard InChI is InChI=1S/C17H22N4/c1-2-14-11-18-17(19-12-14)20-13-15-6-5-7-16(10-15)21-8-3-4-9-21/h5-7,10-12H,2-4,8-9,13H2,1H3,(H,18,19,20). The molecule has 2 heterocycles. The van der Waals surface area contributed by atoms with Crippen LogP contribution in [0.2, 0.25) is 0 Å². The Balaban J connectivity index is 1.62. The van der Waals surface area contributed by atoms with Crippen LogP contribution in [0.3, 0.4) is 0 Å². The molecule has 0 atom stereocenters. The molecule has 110 valence electrons. The van der Waals surface area contributed by atoms with E-state index in [0.29, 0.717) is 5.95 Å². The monoisotopic (exact) mass is 282 g/mol. The fourth-order valence-electron chi connectivity index (χ4n) is 2.65. The molecule has 1 N–H and O–H groups in total. The van der Waals surface area contributed by atoms with Crippen molar-refractivity contribution in [3.63, 3.8) is 0 Å². The summed E-state index contributed by atoms with van der Waals surface area (Å²) in [5.74, 6) is 0.693. The van der Waals surface area contributed by atoms with Gasteiger partial charge in [0.2, 0.25) is 5.95 Å². The summed E-state index contributed by atoms with van der Waals surface area (Å²) in [4.78, 5) is 11.1. The van der Waals surface area contributed by atoms with E-state index in [-0.39, 0.29) is 0 Å². The van der Waals surface area contributed by atoms with Crippen LogP contribution in [0.5, 0.6) is 0 Å². The molecule has 1 aliphatic rings. The zero-order valence-electron chi connectivity index (χ0n) is 12.5. The van der Waals surface area contributed by atoms with Crippen LogP contribution in [-0.4, -0.2) is 23.1 Å². The van der Waals surface area contributed by atoms with Gasteiger partial charge in [0.25, 0.3) is 0 Å². The molecule has 1 fully saturated rings. The van der Waals surface area contributed by atoms with E-state index in [4.69, 9.17) is 0 Å². The highest BCUT2D eigenvalue weighted by Gasteiger charge is 2.12. The molecular weight excluding hydrogens is 260 g/mol. The lowest BCUT2D eigenvalue weighted by molar-refractivity contribution is 0.949. The van der Waals surface area contributed by atoms with Crippen LogP contribution in [0.25, 0.3) is 0 Å². The average Bonchev–Trinajstić information content (AvgIpc) is 3.08. The molecule has 1 aromatic carbocycles. The van der Waals surface area contributed by atoms with Crippen LogP contribution >= 0.6 is 0 Å². The van der Waals surface area contributed by atoms with Gasteiger partial charge in [0.1, 0.15) is 0 Å². The predicted octanol–water partition coefficient (Wildman–Crippen LogP) is 3.25. The second-order valence-electron chi connectivity index (χ2n) is 5.49. The summed E-state index contributed by atoms with van der Waals surface area (Å²) in [7, 11) is 0. The van der Waals surface area contributed by atoms with Crippen molar-refractivity contribution in [1.29, 1.82) is 0 Å². The van der Waals surface area contributed by atoms with Gasteiger partial charge in [-0.15, -0.1) is 0 Å². The first kappa shape index (κ1) is 13.9. The maximum absolute atomic E-state index is 4.33. The Kier molecular flexibility index (Phi) is 4.34. The molecule has 0 aliphatic carbocycles. The molecule has 3 rings (SSSR count). The molecule has 4 nitrogen and oxygen atoms in total. The average molecular weight is 282 g/mol. The highest BCUT2D eigenvalue weighted by atomic mass is 15.1. The first-order valence-corrected chi connectivity index (χ1v) is 7.74. The van der Waals surface area contributed by atoms with Gasteiger partial charge in [-0.05, 0) is 42.5 Å². The Morgan fingerprint density at radius 3 is 2.57 bits per heavy atom. The highest BCUT2D eigenvalue weighted by Crippen LogP contribution is 2.21. The van der Waals surface area contributed by atoms with E-state index in [0.717, 1.165) is 18.5 Å². The van der Waals surface area contributed by atoms with E-state index in [9.17, 15) is 0 Å². The lowest BCUT2D eigenvalue weighted by atomic mass is 10.2. The third-order valence-electron chi connectivity index (χ3n) is 3.95. The van der Waals surface area contributed by atoms with E-state index < -0.39 is 0 Å². The minimum atomic E-state index is 0.693. The zero-order chi connectivity index (χ0) is 14.5. The van der Waals surface area contributed by atoms with Crippen LogP contribution in [0.1, 0.15) is 30.9 Å². The largest absolute Gasteiger partial charge is 0.372 e. The van der Waals surface area contributed by atoms with Crippen molar-refractivity contribution in [1.82, 2.24) is 9.97 Å². The number of benzene rings is 1. The summed E-state index contributed by atoms with van der Waals surface area (Å²) >= 11 is 0. The van der Waals surface area contributed by atoms with Gasteiger partial charge in [-0.3, -0.25) is 0 Å². The topological polar surface area (TPSA) is 41.1 Å². The molecule has 21 heavy (non-hydrogen) atoms. The Morgan fingerprint density at radius 2 is 1.86 bits per heavy atom. The van der Waals surface area contributed by atoms with Crippen molar-refractivity contribution in [2.45, 2.75) is 32.7 Å². The number of anilines is 2. The third kappa shape index (κ3) is 3.51. The molecule has 4 heteroatoms. The molecule has 2 aromatic rings. The second kappa shape index (κ2) is 6.57.